The Hall–Kier alpha value is -4.13. The molecule has 0 atom stereocenters. The van der Waals surface area contributed by atoms with Crippen LogP contribution in [0.4, 0.5) is 35.9 Å². The largest absolute Gasteiger partial charge is 0.573 e. The maximum atomic E-state index is 13.0. The molecule has 4 aromatic rings. The maximum absolute atomic E-state index is 13.0. The van der Waals surface area contributed by atoms with Gasteiger partial charge in [-0.2, -0.15) is 0 Å². The van der Waals surface area contributed by atoms with Crippen LogP contribution in [-0.2, 0) is 0 Å². The molecule has 1 aliphatic rings. The SMILES string of the molecule is CCN1c2ccc(-c3ccccc3OC(F)(F)F)cc2N(CC)c2ccc(-c3ccccc3OC)cc21. The number of hydrogen-bond donors (Lipinski definition) is 0. The predicted molar refractivity (Wildman–Crippen MR) is 142 cm³/mol. The zero-order chi connectivity index (χ0) is 26.2. The molecule has 0 radical (unpaired) electrons. The number of para-hydroxylation sites is 2. The Kier molecular flexibility index (Phi) is 6.46. The minimum absolute atomic E-state index is 0.219. The van der Waals surface area contributed by atoms with Crippen LogP contribution in [0.1, 0.15) is 13.8 Å². The molecule has 0 aromatic heterocycles. The zero-order valence-corrected chi connectivity index (χ0v) is 20.8. The van der Waals surface area contributed by atoms with Crippen LogP contribution >= 0.6 is 0 Å². The lowest BCUT2D eigenvalue weighted by atomic mass is 9.97. The Morgan fingerprint density at radius 2 is 1.08 bits per heavy atom. The summed E-state index contributed by atoms with van der Waals surface area (Å²) in [4.78, 5) is 4.43. The lowest BCUT2D eigenvalue weighted by Gasteiger charge is -2.40. The van der Waals surface area contributed by atoms with Gasteiger partial charge < -0.3 is 19.3 Å². The van der Waals surface area contributed by atoms with Gasteiger partial charge in [0.1, 0.15) is 11.5 Å². The third-order valence-corrected chi connectivity index (χ3v) is 6.59. The Balaban J connectivity index is 1.62. The predicted octanol–water partition coefficient (Wildman–Crippen LogP) is 8.56. The van der Waals surface area contributed by atoms with Gasteiger partial charge >= 0.3 is 6.36 Å². The van der Waals surface area contributed by atoms with E-state index in [1.54, 1.807) is 19.2 Å². The number of alkyl halides is 3. The van der Waals surface area contributed by atoms with E-state index in [1.807, 2.05) is 42.5 Å². The van der Waals surface area contributed by atoms with Gasteiger partial charge in [-0.3, -0.25) is 0 Å². The molecule has 0 aliphatic carbocycles. The summed E-state index contributed by atoms with van der Waals surface area (Å²) in [6.07, 6.45) is -4.77. The van der Waals surface area contributed by atoms with Crippen molar-refractivity contribution in [1.29, 1.82) is 0 Å². The van der Waals surface area contributed by atoms with Gasteiger partial charge in [0.2, 0.25) is 0 Å². The van der Waals surface area contributed by atoms with E-state index in [9.17, 15) is 13.2 Å². The second kappa shape index (κ2) is 9.73. The molecule has 0 amide bonds. The maximum Gasteiger partial charge on any atom is 0.573 e. The van der Waals surface area contributed by atoms with Gasteiger partial charge in [0, 0.05) is 24.2 Å². The highest BCUT2D eigenvalue weighted by Crippen LogP contribution is 2.50. The van der Waals surface area contributed by atoms with Crippen LogP contribution in [0.25, 0.3) is 22.3 Å². The van der Waals surface area contributed by atoms with Crippen molar-refractivity contribution in [1.82, 2.24) is 0 Å². The number of fused-ring (bicyclic) bond motifs is 2. The highest BCUT2D eigenvalue weighted by Gasteiger charge is 2.33. The number of anilines is 4. The van der Waals surface area contributed by atoms with Gasteiger partial charge in [-0.25, -0.2) is 0 Å². The molecular weight excluding hydrogens is 477 g/mol. The number of rotatable bonds is 6. The molecule has 0 saturated carbocycles. The van der Waals surface area contributed by atoms with Crippen LogP contribution < -0.4 is 19.3 Å². The molecule has 37 heavy (non-hydrogen) atoms. The van der Waals surface area contributed by atoms with E-state index < -0.39 is 6.36 Å². The van der Waals surface area contributed by atoms with E-state index in [4.69, 9.17) is 4.74 Å². The number of ether oxygens (including phenoxy) is 2. The molecule has 1 heterocycles. The van der Waals surface area contributed by atoms with Crippen LogP contribution in [0.15, 0.2) is 84.9 Å². The van der Waals surface area contributed by atoms with Crippen molar-refractivity contribution in [3.05, 3.63) is 84.9 Å². The molecule has 7 heteroatoms. The van der Waals surface area contributed by atoms with Gasteiger partial charge in [-0.05, 0) is 61.4 Å². The molecule has 0 bridgehead atoms. The second-order valence-corrected chi connectivity index (χ2v) is 8.64. The molecule has 190 valence electrons. The van der Waals surface area contributed by atoms with Gasteiger partial charge in [-0.15, -0.1) is 13.2 Å². The van der Waals surface area contributed by atoms with Crippen LogP contribution in [0, 0.1) is 0 Å². The minimum atomic E-state index is -4.77. The fourth-order valence-electron chi connectivity index (χ4n) is 5.01. The first-order valence-electron chi connectivity index (χ1n) is 12.2. The van der Waals surface area contributed by atoms with Gasteiger partial charge in [0.15, 0.2) is 0 Å². The summed E-state index contributed by atoms with van der Waals surface area (Å²) < 4.78 is 49.1. The summed E-state index contributed by atoms with van der Waals surface area (Å²) in [6.45, 7) is 5.57. The number of benzene rings is 4. The molecular formula is C30H27F3N2O2. The van der Waals surface area contributed by atoms with Gasteiger partial charge in [-0.1, -0.05) is 48.5 Å². The molecule has 0 unspecified atom stereocenters. The fraction of sp³-hybridized carbons (Fsp3) is 0.200. The van der Waals surface area contributed by atoms with E-state index in [0.29, 0.717) is 17.7 Å². The normalized spacial score (nSPS) is 12.7. The van der Waals surface area contributed by atoms with Gasteiger partial charge in [0.25, 0.3) is 0 Å². The highest BCUT2D eigenvalue weighted by atomic mass is 19.4. The molecule has 0 saturated heterocycles. The van der Waals surface area contributed by atoms with E-state index >= 15 is 0 Å². The average molecular weight is 505 g/mol. The van der Waals surface area contributed by atoms with Crippen LogP contribution in [0.2, 0.25) is 0 Å². The number of halogens is 3. The van der Waals surface area contributed by atoms with E-state index in [0.717, 1.165) is 46.2 Å². The summed E-state index contributed by atoms with van der Waals surface area (Å²) in [5, 5.41) is 0. The van der Waals surface area contributed by atoms with E-state index in [1.165, 1.54) is 12.1 Å². The van der Waals surface area contributed by atoms with Crippen LogP contribution in [-0.4, -0.2) is 26.6 Å². The average Bonchev–Trinajstić information content (AvgIpc) is 2.90. The third-order valence-electron chi connectivity index (χ3n) is 6.59. The number of methoxy groups -OCH3 is 1. The standard InChI is InChI=1S/C30H27F3N2O2/c1-4-34-25-17-15-21(23-11-7-9-13-29(23)37-30(31,32)33)19-27(25)35(5-2)24-16-14-20(18-26(24)34)22-10-6-8-12-28(22)36-3/h6-19H,4-5H2,1-3H3. The summed E-state index contributed by atoms with van der Waals surface area (Å²) in [7, 11) is 1.67. The van der Waals surface area contributed by atoms with Crippen molar-refractivity contribution in [2.45, 2.75) is 20.2 Å². The van der Waals surface area contributed by atoms with E-state index in [-0.39, 0.29) is 5.75 Å². The van der Waals surface area contributed by atoms with Crippen molar-refractivity contribution < 1.29 is 22.6 Å². The van der Waals surface area contributed by atoms with E-state index in [2.05, 4.69) is 46.6 Å². The fourth-order valence-corrected chi connectivity index (χ4v) is 5.01. The molecule has 0 spiro atoms. The highest BCUT2D eigenvalue weighted by molar-refractivity contribution is 5.97. The Morgan fingerprint density at radius 1 is 0.622 bits per heavy atom. The number of hydrogen-bond acceptors (Lipinski definition) is 4. The molecule has 1 aliphatic heterocycles. The first kappa shape index (κ1) is 24.6. The van der Waals surface area contributed by atoms with Crippen molar-refractivity contribution >= 4 is 22.7 Å². The Labute approximate surface area is 214 Å². The Morgan fingerprint density at radius 3 is 1.54 bits per heavy atom. The molecule has 4 aromatic carbocycles. The summed E-state index contributed by atoms with van der Waals surface area (Å²) in [5.74, 6) is 0.585. The van der Waals surface area contributed by atoms with Crippen molar-refractivity contribution in [2.75, 3.05) is 30.0 Å². The first-order valence-corrected chi connectivity index (χ1v) is 12.2. The topological polar surface area (TPSA) is 24.9 Å². The summed E-state index contributed by atoms with van der Waals surface area (Å²) in [6, 6.07) is 26.3. The third kappa shape index (κ3) is 4.57. The van der Waals surface area contributed by atoms with Crippen molar-refractivity contribution in [3.63, 3.8) is 0 Å². The van der Waals surface area contributed by atoms with Crippen molar-refractivity contribution in [2.24, 2.45) is 0 Å². The summed E-state index contributed by atoms with van der Waals surface area (Å²) in [5.41, 5.74) is 7.12. The second-order valence-electron chi connectivity index (χ2n) is 8.64. The molecule has 5 rings (SSSR count). The first-order chi connectivity index (χ1) is 17.8. The molecule has 4 nitrogen and oxygen atoms in total. The lowest BCUT2D eigenvalue weighted by molar-refractivity contribution is -0.274. The smallest absolute Gasteiger partial charge is 0.496 e. The number of nitrogens with zero attached hydrogens (tertiary/aromatic N) is 2. The monoisotopic (exact) mass is 504 g/mol. The quantitative estimate of drug-likeness (QED) is 0.263. The zero-order valence-electron chi connectivity index (χ0n) is 20.8. The molecule has 0 N–H and O–H groups in total. The Bertz CT molecular complexity index is 1430. The van der Waals surface area contributed by atoms with Crippen LogP contribution in [0.5, 0.6) is 11.5 Å². The lowest BCUT2D eigenvalue weighted by Crippen LogP contribution is -2.29. The van der Waals surface area contributed by atoms with Crippen molar-refractivity contribution in [3.8, 4) is 33.8 Å². The van der Waals surface area contributed by atoms with Gasteiger partial charge in [0.05, 0.1) is 29.9 Å². The molecule has 0 fully saturated rings. The van der Waals surface area contributed by atoms with Crippen LogP contribution in [0.3, 0.4) is 0 Å². The summed E-state index contributed by atoms with van der Waals surface area (Å²) >= 11 is 0. The minimum Gasteiger partial charge on any atom is -0.496 e.